The minimum atomic E-state index is -0.211. The standard InChI is InChI=1S/C21H27N3O4/c1-20(2)10-14(11-21(3,4)24(20)5)22-19(25)15-9-17(28-23-15)13-6-7-16-18(8-13)27-12-26-16/h6-9,14H,10-12H2,1-5H3,(H,22,25). The van der Waals surface area contributed by atoms with E-state index in [2.05, 4.69) is 50.1 Å². The molecule has 2 aliphatic heterocycles. The van der Waals surface area contributed by atoms with Crippen molar-refractivity contribution < 1.29 is 18.8 Å². The summed E-state index contributed by atoms with van der Waals surface area (Å²) in [5.41, 5.74) is 1.07. The third-order valence-corrected chi connectivity index (χ3v) is 6.04. The van der Waals surface area contributed by atoms with E-state index in [4.69, 9.17) is 14.0 Å². The summed E-state index contributed by atoms with van der Waals surface area (Å²) in [6, 6.07) is 7.25. The van der Waals surface area contributed by atoms with Crippen molar-refractivity contribution in [1.82, 2.24) is 15.4 Å². The lowest BCUT2D eigenvalue weighted by molar-refractivity contribution is -0.0169. The first kappa shape index (κ1) is 18.8. The van der Waals surface area contributed by atoms with Crippen LogP contribution in [0.5, 0.6) is 11.5 Å². The maximum Gasteiger partial charge on any atom is 0.273 e. The van der Waals surface area contributed by atoms with Crippen molar-refractivity contribution in [3.05, 3.63) is 30.0 Å². The lowest BCUT2D eigenvalue weighted by atomic mass is 9.77. The van der Waals surface area contributed by atoms with Crippen molar-refractivity contribution in [2.45, 2.75) is 57.7 Å². The molecule has 4 rings (SSSR count). The highest BCUT2D eigenvalue weighted by atomic mass is 16.7. The van der Waals surface area contributed by atoms with Crippen LogP contribution in [0.15, 0.2) is 28.8 Å². The number of carbonyl (C=O) groups is 1. The number of nitrogens with one attached hydrogen (secondary N) is 1. The number of ether oxygens (including phenoxy) is 2. The first-order chi connectivity index (χ1) is 13.2. The Morgan fingerprint density at radius 3 is 2.50 bits per heavy atom. The molecule has 1 fully saturated rings. The predicted octanol–water partition coefficient (Wildman–Crippen LogP) is 3.45. The van der Waals surface area contributed by atoms with Gasteiger partial charge in [0.1, 0.15) is 0 Å². The first-order valence-corrected chi connectivity index (χ1v) is 9.57. The SMILES string of the molecule is CN1C(C)(C)CC(NC(=O)c2cc(-c3ccc4c(c3)OCO4)on2)CC1(C)C. The maximum atomic E-state index is 12.8. The van der Waals surface area contributed by atoms with Gasteiger partial charge in [0, 0.05) is 28.7 Å². The summed E-state index contributed by atoms with van der Waals surface area (Å²) < 4.78 is 16.1. The lowest BCUT2D eigenvalue weighted by Gasteiger charge is -2.53. The molecule has 0 saturated carbocycles. The van der Waals surface area contributed by atoms with E-state index in [1.54, 1.807) is 6.07 Å². The van der Waals surface area contributed by atoms with Crippen molar-refractivity contribution in [3.8, 4) is 22.8 Å². The smallest absolute Gasteiger partial charge is 0.273 e. The number of nitrogens with zero attached hydrogens (tertiary/aromatic N) is 2. The number of hydrogen-bond donors (Lipinski definition) is 1. The molecule has 2 aromatic rings. The van der Waals surface area contributed by atoms with Gasteiger partial charge in [0.15, 0.2) is 23.0 Å². The Bertz CT molecular complexity index is 885. The highest BCUT2D eigenvalue weighted by Gasteiger charge is 2.43. The molecule has 0 radical (unpaired) electrons. The van der Waals surface area contributed by atoms with E-state index in [0.29, 0.717) is 17.3 Å². The number of piperidine rings is 1. The van der Waals surface area contributed by atoms with Crippen molar-refractivity contribution in [1.29, 1.82) is 0 Å². The van der Waals surface area contributed by atoms with Crippen LogP contribution in [-0.4, -0.2) is 46.9 Å². The Hall–Kier alpha value is -2.54. The average Bonchev–Trinajstić information content (AvgIpc) is 3.27. The normalized spacial score (nSPS) is 20.9. The Morgan fingerprint density at radius 2 is 1.79 bits per heavy atom. The van der Waals surface area contributed by atoms with Crippen molar-refractivity contribution >= 4 is 5.91 Å². The molecule has 7 heteroatoms. The van der Waals surface area contributed by atoms with Gasteiger partial charge >= 0.3 is 0 Å². The van der Waals surface area contributed by atoms with Crippen LogP contribution < -0.4 is 14.8 Å². The van der Waals surface area contributed by atoms with Gasteiger partial charge < -0.3 is 19.3 Å². The lowest BCUT2D eigenvalue weighted by Crippen LogP contribution is -2.62. The maximum absolute atomic E-state index is 12.8. The van der Waals surface area contributed by atoms with Gasteiger partial charge in [0.25, 0.3) is 5.91 Å². The van der Waals surface area contributed by atoms with Gasteiger partial charge in [-0.05, 0) is 65.8 Å². The number of amides is 1. The van der Waals surface area contributed by atoms with Gasteiger partial charge in [0.05, 0.1) is 0 Å². The fraction of sp³-hybridized carbons (Fsp3) is 0.524. The zero-order valence-electron chi connectivity index (χ0n) is 17.0. The summed E-state index contributed by atoms with van der Waals surface area (Å²) in [5, 5.41) is 7.11. The molecule has 1 aromatic carbocycles. The summed E-state index contributed by atoms with van der Waals surface area (Å²) in [7, 11) is 2.15. The third kappa shape index (κ3) is 3.35. The fourth-order valence-electron chi connectivity index (χ4n) is 4.30. The number of carbonyl (C=O) groups excluding carboxylic acids is 1. The molecule has 2 aliphatic rings. The predicted molar refractivity (Wildman–Crippen MR) is 104 cm³/mol. The summed E-state index contributed by atoms with van der Waals surface area (Å²) in [6.07, 6.45) is 1.76. The molecule has 3 heterocycles. The highest BCUT2D eigenvalue weighted by Crippen LogP contribution is 2.37. The Labute approximate surface area is 165 Å². The van der Waals surface area contributed by atoms with Crippen LogP contribution in [0.2, 0.25) is 0 Å². The highest BCUT2D eigenvalue weighted by molar-refractivity contribution is 5.93. The molecule has 7 nitrogen and oxygen atoms in total. The van der Waals surface area contributed by atoms with Crippen LogP contribution in [0.3, 0.4) is 0 Å². The van der Waals surface area contributed by atoms with E-state index >= 15 is 0 Å². The number of benzene rings is 1. The van der Waals surface area contributed by atoms with Crippen LogP contribution in [0.25, 0.3) is 11.3 Å². The molecule has 150 valence electrons. The van der Waals surface area contributed by atoms with Crippen LogP contribution >= 0.6 is 0 Å². The number of aromatic nitrogens is 1. The van der Waals surface area contributed by atoms with Gasteiger partial charge in [-0.1, -0.05) is 5.16 Å². The van der Waals surface area contributed by atoms with Crippen LogP contribution in [-0.2, 0) is 0 Å². The van der Waals surface area contributed by atoms with Crippen molar-refractivity contribution in [3.63, 3.8) is 0 Å². The summed E-state index contributed by atoms with van der Waals surface area (Å²) >= 11 is 0. The van der Waals surface area contributed by atoms with Crippen LogP contribution in [0, 0.1) is 0 Å². The molecule has 1 saturated heterocycles. The van der Waals surface area contributed by atoms with Gasteiger partial charge in [-0.3, -0.25) is 9.69 Å². The van der Waals surface area contributed by atoms with E-state index in [-0.39, 0.29) is 35.5 Å². The molecule has 1 amide bonds. The monoisotopic (exact) mass is 385 g/mol. The molecule has 1 N–H and O–H groups in total. The van der Waals surface area contributed by atoms with Gasteiger partial charge in [-0.25, -0.2) is 0 Å². The molecule has 0 aliphatic carbocycles. The second-order valence-corrected chi connectivity index (χ2v) is 8.91. The van der Waals surface area contributed by atoms with E-state index in [1.807, 2.05) is 18.2 Å². The van der Waals surface area contributed by atoms with E-state index in [9.17, 15) is 4.79 Å². The largest absolute Gasteiger partial charge is 0.454 e. The number of rotatable bonds is 3. The molecule has 0 spiro atoms. The van der Waals surface area contributed by atoms with Crippen LogP contribution in [0.1, 0.15) is 51.0 Å². The average molecular weight is 385 g/mol. The van der Waals surface area contributed by atoms with Crippen molar-refractivity contribution in [2.24, 2.45) is 0 Å². The van der Waals surface area contributed by atoms with E-state index in [1.165, 1.54) is 0 Å². The minimum absolute atomic E-state index is 0.00116. The molecule has 0 unspecified atom stereocenters. The number of hydrogen-bond acceptors (Lipinski definition) is 6. The molecule has 1 aromatic heterocycles. The van der Waals surface area contributed by atoms with Crippen LogP contribution in [0.4, 0.5) is 0 Å². The molecule has 28 heavy (non-hydrogen) atoms. The number of likely N-dealkylation sites (tertiary alicyclic amines) is 1. The Balaban J connectivity index is 1.48. The summed E-state index contributed by atoms with van der Waals surface area (Å²) in [6.45, 7) is 9.05. The second kappa shape index (κ2) is 6.51. The van der Waals surface area contributed by atoms with Crippen molar-refractivity contribution in [2.75, 3.05) is 13.8 Å². The molecule has 0 atom stereocenters. The van der Waals surface area contributed by atoms with Gasteiger partial charge in [-0.15, -0.1) is 0 Å². The Kier molecular flexibility index (Phi) is 4.38. The zero-order valence-corrected chi connectivity index (χ0v) is 17.0. The quantitative estimate of drug-likeness (QED) is 0.872. The van der Waals surface area contributed by atoms with E-state index < -0.39 is 0 Å². The van der Waals surface area contributed by atoms with Gasteiger partial charge in [-0.2, -0.15) is 0 Å². The summed E-state index contributed by atoms with van der Waals surface area (Å²) in [4.78, 5) is 15.1. The molecular formula is C21H27N3O4. The number of fused-ring (bicyclic) bond motifs is 1. The minimum Gasteiger partial charge on any atom is -0.454 e. The first-order valence-electron chi connectivity index (χ1n) is 9.57. The van der Waals surface area contributed by atoms with Gasteiger partial charge in [0.2, 0.25) is 6.79 Å². The molecular weight excluding hydrogens is 358 g/mol. The fourth-order valence-corrected chi connectivity index (χ4v) is 4.30. The zero-order chi connectivity index (χ0) is 20.1. The Morgan fingerprint density at radius 1 is 1.11 bits per heavy atom. The topological polar surface area (TPSA) is 76.8 Å². The third-order valence-electron chi connectivity index (χ3n) is 6.04. The van der Waals surface area contributed by atoms with E-state index in [0.717, 1.165) is 18.4 Å². The summed E-state index contributed by atoms with van der Waals surface area (Å²) in [5.74, 6) is 1.67. The molecule has 0 bridgehead atoms. The second-order valence-electron chi connectivity index (χ2n) is 8.91.